The van der Waals surface area contributed by atoms with Gasteiger partial charge in [-0.25, -0.2) is 4.39 Å². The maximum atomic E-state index is 14.0. The lowest BCUT2D eigenvalue weighted by Gasteiger charge is -2.32. The summed E-state index contributed by atoms with van der Waals surface area (Å²) in [5, 5.41) is 19.6. The van der Waals surface area contributed by atoms with Crippen LogP contribution in [-0.4, -0.2) is 28.9 Å². The van der Waals surface area contributed by atoms with E-state index in [1.54, 1.807) is 37.8 Å². The summed E-state index contributed by atoms with van der Waals surface area (Å²) in [5.41, 5.74) is -0.00734. The summed E-state index contributed by atoms with van der Waals surface area (Å²) < 4.78 is 14.0. The Balaban J connectivity index is 3.19. The number of aliphatic hydroxyl groups excluding tert-OH is 1. The number of para-hydroxylation sites is 1. The molecule has 0 spiro atoms. The van der Waals surface area contributed by atoms with Crippen LogP contribution in [0.4, 0.5) is 10.1 Å². The maximum Gasteiger partial charge on any atom is 0.146 e. The second-order valence-electron chi connectivity index (χ2n) is 5.18. The molecule has 0 bridgehead atoms. The summed E-state index contributed by atoms with van der Waals surface area (Å²) in [5.74, 6) is -0.375. The van der Waals surface area contributed by atoms with Crippen LogP contribution >= 0.6 is 0 Å². The predicted molar refractivity (Wildman–Crippen MR) is 71.2 cm³/mol. The molecule has 0 radical (unpaired) electrons. The first kappa shape index (κ1) is 14.9. The van der Waals surface area contributed by atoms with E-state index in [4.69, 9.17) is 0 Å². The number of benzene rings is 1. The van der Waals surface area contributed by atoms with Crippen molar-refractivity contribution in [3.05, 3.63) is 29.6 Å². The number of hydrogen-bond donors (Lipinski definition) is 2. The molecular formula is C14H22FNO2. The van der Waals surface area contributed by atoms with E-state index in [9.17, 15) is 14.6 Å². The van der Waals surface area contributed by atoms with Crippen LogP contribution in [0.15, 0.2) is 18.2 Å². The monoisotopic (exact) mass is 255 g/mol. The van der Waals surface area contributed by atoms with Crippen molar-refractivity contribution in [3.8, 4) is 0 Å². The quantitative estimate of drug-likeness (QED) is 0.849. The lowest BCUT2D eigenvalue weighted by Crippen LogP contribution is -2.39. The van der Waals surface area contributed by atoms with Crippen LogP contribution < -0.4 is 4.90 Å². The lowest BCUT2D eigenvalue weighted by molar-refractivity contribution is 0.0872. The number of hydrogen-bond acceptors (Lipinski definition) is 3. The highest BCUT2D eigenvalue weighted by Gasteiger charge is 2.23. The van der Waals surface area contributed by atoms with Crippen LogP contribution in [-0.2, 0) is 0 Å². The van der Waals surface area contributed by atoms with E-state index in [1.165, 1.54) is 6.07 Å². The molecule has 0 amide bonds. The van der Waals surface area contributed by atoms with Gasteiger partial charge in [0.25, 0.3) is 0 Å². The Morgan fingerprint density at radius 2 is 2.00 bits per heavy atom. The van der Waals surface area contributed by atoms with Crippen molar-refractivity contribution >= 4 is 5.69 Å². The summed E-state index contributed by atoms with van der Waals surface area (Å²) in [7, 11) is 0. The molecule has 1 atom stereocenters. The van der Waals surface area contributed by atoms with Crippen molar-refractivity contribution in [2.75, 3.05) is 18.0 Å². The van der Waals surface area contributed by atoms with Crippen molar-refractivity contribution in [1.82, 2.24) is 0 Å². The van der Waals surface area contributed by atoms with E-state index in [1.807, 2.05) is 6.92 Å². The van der Waals surface area contributed by atoms with E-state index < -0.39 is 11.7 Å². The smallest absolute Gasteiger partial charge is 0.146 e. The molecule has 0 saturated heterocycles. The van der Waals surface area contributed by atoms with Crippen LogP contribution in [0.25, 0.3) is 0 Å². The third kappa shape index (κ3) is 3.68. The second kappa shape index (κ2) is 5.67. The van der Waals surface area contributed by atoms with Gasteiger partial charge in [0.2, 0.25) is 0 Å². The second-order valence-corrected chi connectivity index (χ2v) is 5.18. The molecule has 0 aliphatic rings. The molecule has 3 nitrogen and oxygen atoms in total. The molecule has 1 aromatic carbocycles. The SMILES string of the molecule is CCN(CC(C)(C)O)c1c(F)cccc1[C@H](C)O. The Labute approximate surface area is 108 Å². The topological polar surface area (TPSA) is 43.7 Å². The number of halogens is 1. The average Bonchev–Trinajstić information content (AvgIpc) is 2.24. The lowest BCUT2D eigenvalue weighted by atomic mass is 10.0. The predicted octanol–water partition coefficient (Wildman–Crippen LogP) is 2.48. The maximum absolute atomic E-state index is 14.0. The first-order valence-corrected chi connectivity index (χ1v) is 6.20. The molecule has 1 rings (SSSR count). The van der Waals surface area contributed by atoms with Gasteiger partial charge in [0.05, 0.1) is 17.4 Å². The fourth-order valence-electron chi connectivity index (χ4n) is 2.02. The summed E-state index contributed by atoms with van der Waals surface area (Å²) in [6.07, 6.45) is -0.744. The molecule has 0 unspecified atom stereocenters. The number of rotatable bonds is 5. The van der Waals surface area contributed by atoms with E-state index in [2.05, 4.69) is 0 Å². The van der Waals surface area contributed by atoms with Gasteiger partial charge in [-0.1, -0.05) is 12.1 Å². The van der Waals surface area contributed by atoms with Crippen LogP contribution in [0.2, 0.25) is 0 Å². The molecule has 0 aromatic heterocycles. The Hall–Kier alpha value is -1.13. The molecule has 102 valence electrons. The molecule has 1 aromatic rings. The molecule has 0 aliphatic carbocycles. The normalized spacial score (nSPS) is 13.5. The number of aliphatic hydroxyl groups is 2. The zero-order valence-electron chi connectivity index (χ0n) is 11.4. The fourth-order valence-corrected chi connectivity index (χ4v) is 2.02. The summed E-state index contributed by atoms with van der Waals surface area (Å²) in [6, 6.07) is 4.66. The average molecular weight is 255 g/mol. The van der Waals surface area contributed by atoms with Gasteiger partial charge in [-0.05, 0) is 33.8 Å². The van der Waals surface area contributed by atoms with Crippen molar-refractivity contribution in [2.45, 2.75) is 39.4 Å². The Morgan fingerprint density at radius 3 is 2.44 bits per heavy atom. The van der Waals surface area contributed by atoms with Crippen molar-refractivity contribution in [3.63, 3.8) is 0 Å². The van der Waals surface area contributed by atoms with Crippen molar-refractivity contribution < 1.29 is 14.6 Å². The van der Waals surface area contributed by atoms with Gasteiger partial charge in [-0.3, -0.25) is 0 Å². The van der Waals surface area contributed by atoms with Gasteiger partial charge in [0.1, 0.15) is 5.82 Å². The number of anilines is 1. The number of likely N-dealkylation sites (N-methyl/N-ethyl adjacent to an activating group) is 1. The van der Waals surface area contributed by atoms with E-state index in [-0.39, 0.29) is 5.82 Å². The molecule has 0 saturated carbocycles. The summed E-state index contributed by atoms with van der Waals surface area (Å²) in [4.78, 5) is 1.75. The minimum Gasteiger partial charge on any atom is -0.389 e. The third-order valence-corrected chi connectivity index (χ3v) is 2.74. The molecule has 2 N–H and O–H groups in total. The van der Waals surface area contributed by atoms with Crippen molar-refractivity contribution in [2.24, 2.45) is 0 Å². The number of nitrogens with zero attached hydrogens (tertiary/aromatic N) is 1. The standard InChI is InChI=1S/C14H22FNO2/c1-5-16(9-14(3,4)18)13-11(10(2)17)7-6-8-12(13)15/h6-8,10,17-18H,5,9H2,1-4H3/t10-/m0/s1. The van der Waals surface area contributed by atoms with Crippen LogP contribution in [0.1, 0.15) is 39.4 Å². The van der Waals surface area contributed by atoms with Crippen LogP contribution in [0.5, 0.6) is 0 Å². The summed E-state index contributed by atoms with van der Waals surface area (Å²) in [6.45, 7) is 7.73. The van der Waals surface area contributed by atoms with Crippen molar-refractivity contribution in [1.29, 1.82) is 0 Å². The highest BCUT2D eigenvalue weighted by atomic mass is 19.1. The minimum absolute atomic E-state index is 0.310. The van der Waals surface area contributed by atoms with Crippen LogP contribution in [0.3, 0.4) is 0 Å². The molecule has 18 heavy (non-hydrogen) atoms. The Kier molecular flexibility index (Phi) is 4.71. The highest BCUT2D eigenvalue weighted by Crippen LogP contribution is 2.30. The van der Waals surface area contributed by atoms with E-state index in [0.717, 1.165) is 0 Å². The molecule has 0 aliphatic heterocycles. The van der Waals surface area contributed by atoms with Gasteiger partial charge in [-0.2, -0.15) is 0 Å². The minimum atomic E-state index is -0.922. The zero-order valence-corrected chi connectivity index (χ0v) is 11.4. The molecular weight excluding hydrogens is 233 g/mol. The largest absolute Gasteiger partial charge is 0.389 e. The van der Waals surface area contributed by atoms with Gasteiger partial charge in [0, 0.05) is 18.7 Å². The molecule has 4 heteroatoms. The fraction of sp³-hybridized carbons (Fsp3) is 0.571. The first-order valence-electron chi connectivity index (χ1n) is 6.20. The molecule has 0 fully saturated rings. The summed E-state index contributed by atoms with van der Waals surface area (Å²) >= 11 is 0. The third-order valence-electron chi connectivity index (χ3n) is 2.74. The van der Waals surface area contributed by atoms with E-state index >= 15 is 0 Å². The Morgan fingerprint density at radius 1 is 1.39 bits per heavy atom. The van der Waals surface area contributed by atoms with E-state index in [0.29, 0.717) is 24.3 Å². The van der Waals surface area contributed by atoms with Gasteiger partial charge < -0.3 is 15.1 Å². The first-order chi connectivity index (χ1) is 8.26. The zero-order chi connectivity index (χ0) is 13.9. The molecule has 0 heterocycles. The van der Waals surface area contributed by atoms with Gasteiger partial charge >= 0.3 is 0 Å². The Bertz CT molecular complexity index is 399. The van der Waals surface area contributed by atoms with Gasteiger partial charge in [0.15, 0.2) is 0 Å². The van der Waals surface area contributed by atoms with Crippen LogP contribution in [0, 0.1) is 5.82 Å². The highest BCUT2D eigenvalue weighted by molar-refractivity contribution is 5.56. The van der Waals surface area contributed by atoms with Gasteiger partial charge in [-0.15, -0.1) is 0 Å².